The molecule has 0 spiro atoms. The fraction of sp³-hybridized carbons (Fsp3) is 0.625. The van der Waals surface area contributed by atoms with Crippen LogP contribution in [0, 0.1) is 6.92 Å². The third kappa shape index (κ3) is 0.753. The quantitative estimate of drug-likeness (QED) is 0.576. The molecule has 1 heterocycles. The van der Waals surface area contributed by atoms with E-state index < -0.39 is 0 Å². The number of nitrogens with zero attached hydrogens (tertiary/aromatic N) is 2. The summed E-state index contributed by atoms with van der Waals surface area (Å²) < 4.78 is 2.28. The van der Waals surface area contributed by atoms with Crippen molar-refractivity contribution in [3.8, 4) is 0 Å². The van der Waals surface area contributed by atoms with Crippen molar-refractivity contribution in [3.63, 3.8) is 0 Å². The molecule has 0 aliphatic heterocycles. The first kappa shape index (κ1) is 5.96. The zero-order chi connectivity index (χ0) is 6.97. The van der Waals surface area contributed by atoms with Crippen LogP contribution in [0.2, 0.25) is 0 Å². The van der Waals surface area contributed by atoms with Gasteiger partial charge in [0.25, 0.3) is 0 Å². The van der Waals surface area contributed by atoms with Gasteiger partial charge in [0.2, 0.25) is 0 Å². The van der Waals surface area contributed by atoms with Crippen LogP contribution in [0.1, 0.15) is 31.0 Å². The van der Waals surface area contributed by atoms with E-state index in [-0.39, 0.29) is 0 Å². The SMILES string of the molecule is Cc1cncn1C1CCC1. The van der Waals surface area contributed by atoms with Crippen molar-refractivity contribution >= 4 is 0 Å². The molecule has 0 saturated heterocycles. The van der Waals surface area contributed by atoms with Crippen LogP contribution in [-0.2, 0) is 0 Å². The number of aryl methyl sites for hydroxylation is 1. The van der Waals surface area contributed by atoms with Crippen LogP contribution in [-0.4, -0.2) is 9.55 Å². The first-order valence-corrected chi connectivity index (χ1v) is 3.86. The molecule has 54 valence electrons. The summed E-state index contributed by atoms with van der Waals surface area (Å²) in [5.41, 5.74) is 1.30. The van der Waals surface area contributed by atoms with Gasteiger partial charge < -0.3 is 4.57 Å². The first-order chi connectivity index (χ1) is 4.88. The second-order valence-corrected chi connectivity index (χ2v) is 3.03. The monoisotopic (exact) mass is 136 g/mol. The van der Waals surface area contributed by atoms with Gasteiger partial charge in [-0.2, -0.15) is 0 Å². The van der Waals surface area contributed by atoms with Crippen molar-refractivity contribution in [2.45, 2.75) is 32.2 Å². The lowest BCUT2D eigenvalue weighted by atomic mass is 9.93. The molecule has 1 aromatic rings. The van der Waals surface area contributed by atoms with Crippen molar-refractivity contribution in [1.82, 2.24) is 9.55 Å². The summed E-state index contributed by atoms with van der Waals surface area (Å²) in [5.74, 6) is 0. The predicted molar refractivity (Wildman–Crippen MR) is 39.9 cm³/mol. The van der Waals surface area contributed by atoms with E-state index in [0.29, 0.717) is 0 Å². The van der Waals surface area contributed by atoms with E-state index in [1.54, 1.807) is 0 Å². The summed E-state index contributed by atoms with van der Waals surface area (Å²) in [6, 6.07) is 0.766. The normalized spacial score (nSPS) is 18.9. The molecular weight excluding hydrogens is 124 g/mol. The molecule has 1 aliphatic rings. The number of imidazole rings is 1. The maximum absolute atomic E-state index is 4.09. The molecule has 2 rings (SSSR count). The van der Waals surface area contributed by atoms with Gasteiger partial charge >= 0.3 is 0 Å². The first-order valence-electron chi connectivity index (χ1n) is 3.86. The summed E-state index contributed by atoms with van der Waals surface area (Å²) >= 11 is 0. The third-order valence-corrected chi connectivity index (χ3v) is 2.33. The Kier molecular flexibility index (Phi) is 1.26. The van der Waals surface area contributed by atoms with Gasteiger partial charge in [-0.25, -0.2) is 4.98 Å². The maximum atomic E-state index is 4.09. The summed E-state index contributed by atoms with van der Waals surface area (Å²) in [5, 5.41) is 0. The lowest BCUT2D eigenvalue weighted by Crippen LogP contribution is -2.16. The largest absolute Gasteiger partial charge is 0.332 e. The summed E-state index contributed by atoms with van der Waals surface area (Å²) in [7, 11) is 0. The molecule has 0 aromatic carbocycles. The van der Waals surface area contributed by atoms with E-state index in [4.69, 9.17) is 0 Å². The minimum atomic E-state index is 0.766. The minimum absolute atomic E-state index is 0.766. The molecule has 0 bridgehead atoms. The van der Waals surface area contributed by atoms with Crippen molar-refractivity contribution in [1.29, 1.82) is 0 Å². The number of hydrogen-bond donors (Lipinski definition) is 0. The van der Waals surface area contributed by atoms with Crippen LogP contribution in [0.3, 0.4) is 0 Å². The van der Waals surface area contributed by atoms with Crippen LogP contribution in [0.25, 0.3) is 0 Å². The number of rotatable bonds is 1. The lowest BCUT2D eigenvalue weighted by Gasteiger charge is -2.27. The molecule has 10 heavy (non-hydrogen) atoms. The lowest BCUT2D eigenvalue weighted by molar-refractivity contribution is 0.309. The second-order valence-electron chi connectivity index (χ2n) is 3.03. The molecule has 0 amide bonds. The molecule has 1 aromatic heterocycles. The van der Waals surface area contributed by atoms with Gasteiger partial charge in [-0.3, -0.25) is 0 Å². The van der Waals surface area contributed by atoms with E-state index in [9.17, 15) is 0 Å². The van der Waals surface area contributed by atoms with Gasteiger partial charge in [-0.15, -0.1) is 0 Å². The molecule has 0 unspecified atom stereocenters. The highest BCUT2D eigenvalue weighted by Crippen LogP contribution is 2.31. The molecule has 0 radical (unpaired) electrons. The number of hydrogen-bond acceptors (Lipinski definition) is 1. The van der Waals surface area contributed by atoms with Crippen molar-refractivity contribution < 1.29 is 0 Å². The summed E-state index contributed by atoms with van der Waals surface area (Å²) in [6.45, 7) is 2.12. The Morgan fingerprint density at radius 3 is 2.80 bits per heavy atom. The van der Waals surface area contributed by atoms with Crippen LogP contribution >= 0.6 is 0 Å². The predicted octanol–water partition coefficient (Wildman–Crippen LogP) is 1.92. The highest BCUT2D eigenvalue weighted by atomic mass is 15.1. The van der Waals surface area contributed by atoms with Crippen molar-refractivity contribution in [3.05, 3.63) is 18.2 Å². The van der Waals surface area contributed by atoms with E-state index in [1.165, 1.54) is 25.0 Å². The molecule has 0 N–H and O–H groups in total. The summed E-state index contributed by atoms with van der Waals surface area (Å²) in [6.07, 6.45) is 7.95. The van der Waals surface area contributed by atoms with Gasteiger partial charge in [0.15, 0.2) is 0 Å². The highest BCUT2D eigenvalue weighted by molar-refractivity contribution is 4.98. The van der Waals surface area contributed by atoms with Gasteiger partial charge in [0, 0.05) is 17.9 Å². The van der Waals surface area contributed by atoms with Crippen LogP contribution < -0.4 is 0 Å². The van der Waals surface area contributed by atoms with E-state index in [2.05, 4.69) is 16.5 Å². The molecule has 1 saturated carbocycles. The highest BCUT2D eigenvalue weighted by Gasteiger charge is 2.19. The minimum Gasteiger partial charge on any atom is -0.332 e. The van der Waals surface area contributed by atoms with Crippen molar-refractivity contribution in [2.75, 3.05) is 0 Å². The van der Waals surface area contributed by atoms with Crippen LogP contribution in [0.15, 0.2) is 12.5 Å². The molecular formula is C8H12N2. The third-order valence-electron chi connectivity index (χ3n) is 2.33. The van der Waals surface area contributed by atoms with E-state index in [1.807, 2.05) is 12.5 Å². The summed E-state index contributed by atoms with van der Waals surface area (Å²) in [4.78, 5) is 4.09. The van der Waals surface area contributed by atoms with Crippen LogP contribution in [0.5, 0.6) is 0 Å². The molecule has 2 nitrogen and oxygen atoms in total. The zero-order valence-corrected chi connectivity index (χ0v) is 6.25. The molecule has 1 aliphatic carbocycles. The Labute approximate surface area is 60.9 Å². The molecule has 2 heteroatoms. The fourth-order valence-electron chi connectivity index (χ4n) is 1.42. The Morgan fingerprint density at radius 1 is 1.60 bits per heavy atom. The Bertz CT molecular complexity index is 223. The Morgan fingerprint density at radius 2 is 2.40 bits per heavy atom. The Hall–Kier alpha value is -0.790. The van der Waals surface area contributed by atoms with E-state index >= 15 is 0 Å². The maximum Gasteiger partial charge on any atom is 0.0950 e. The topological polar surface area (TPSA) is 17.8 Å². The van der Waals surface area contributed by atoms with Gasteiger partial charge in [0.1, 0.15) is 0 Å². The number of aromatic nitrogens is 2. The average molecular weight is 136 g/mol. The van der Waals surface area contributed by atoms with Gasteiger partial charge in [-0.1, -0.05) is 0 Å². The van der Waals surface area contributed by atoms with Crippen LogP contribution in [0.4, 0.5) is 0 Å². The standard InChI is InChI=1S/C8H12N2/c1-7-5-9-6-10(7)8-3-2-4-8/h5-6,8H,2-4H2,1H3. The Balaban J connectivity index is 2.23. The van der Waals surface area contributed by atoms with E-state index in [0.717, 1.165) is 6.04 Å². The molecule has 1 fully saturated rings. The van der Waals surface area contributed by atoms with Gasteiger partial charge in [0.05, 0.1) is 6.33 Å². The smallest absolute Gasteiger partial charge is 0.0950 e. The van der Waals surface area contributed by atoms with Crippen molar-refractivity contribution in [2.24, 2.45) is 0 Å². The second kappa shape index (κ2) is 2.11. The molecule has 0 atom stereocenters. The van der Waals surface area contributed by atoms with Gasteiger partial charge in [-0.05, 0) is 26.2 Å². The fourth-order valence-corrected chi connectivity index (χ4v) is 1.42. The zero-order valence-electron chi connectivity index (χ0n) is 6.25. The average Bonchev–Trinajstić information content (AvgIpc) is 2.12.